The van der Waals surface area contributed by atoms with Gasteiger partial charge in [-0.3, -0.25) is 14.8 Å². The molecular weight excluding hydrogens is 236 g/mol. The van der Waals surface area contributed by atoms with Gasteiger partial charge in [-0.2, -0.15) is 0 Å². The first-order chi connectivity index (χ1) is 8.62. The number of hydrazine groups is 1. The Kier molecular flexibility index (Phi) is 3.07. The number of fused-ring (bicyclic) bond motifs is 1. The van der Waals surface area contributed by atoms with E-state index < -0.39 is 0 Å². The molecule has 1 heterocycles. The van der Waals surface area contributed by atoms with Gasteiger partial charge in [0.1, 0.15) is 0 Å². The Morgan fingerprint density at radius 2 is 1.89 bits per heavy atom. The first-order valence-electron chi connectivity index (χ1n) is 5.21. The van der Waals surface area contributed by atoms with Gasteiger partial charge in [0, 0.05) is 13.1 Å². The maximum Gasteiger partial charge on any atom is 0.262 e. The third-order valence-corrected chi connectivity index (χ3v) is 2.71. The molecule has 3 N–H and O–H groups in total. The second-order valence-electron chi connectivity index (χ2n) is 3.67. The normalized spacial score (nSPS) is 10.4. The summed E-state index contributed by atoms with van der Waals surface area (Å²) in [6.45, 7) is 0. The Bertz CT molecular complexity index is 651. The Labute approximate surface area is 103 Å². The van der Waals surface area contributed by atoms with E-state index in [1.807, 2.05) is 0 Å². The zero-order valence-electron chi connectivity index (χ0n) is 10.4. The maximum absolute atomic E-state index is 12.1. The van der Waals surface area contributed by atoms with Crippen LogP contribution in [-0.2, 0) is 7.05 Å². The molecule has 0 radical (unpaired) electrons. The zero-order chi connectivity index (χ0) is 13.3. The molecule has 0 bridgehead atoms. The topological polar surface area (TPSA) is 91.4 Å². The summed E-state index contributed by atoms with van der Waals surface area (Å²) in [5.41, 5.74) is 2.65. The molecule has 0 fully saturated rings. The fourth-order valence-electron chi connectivity index (χ4n) is 1.73. The van der Waals surface area contributed by atoms with Gasteiger partial charge in [0.15, 0.2) is 11.5 Å². The van der Waals surface area contributed by atoms with Crippen LogP contribution in [0.2, 0.25) is 0 Å². The first-order valence-corrected chi connectivity index (χ1v) is 5.21. The van der Waals surface area contributed by atoms with E-state index in [9.17, 15) is 4.79 Å². The molecule has 0 aliphatic rings. The van der Waals surface area contributed by atoms with E-state index in [0.717, 1.165) is 0 Å². The van der Waals surface area contributed by atoms with Crippen molar-refractivity contribution in [2.45, 2.75) is 0 Å². The Morgan fingerprint density at radius 1 is 1.28 bits per heavy atom. The van der Waals surface area contributed by atoms with Crippen molar-refractivity contribution in [1.29, 1.82) is 0 Å². The summed E-state index contributed by atoms with van der Waals surface area (Å²) in [5, 5.41) is 0.439. The van der Waals surface area contributed by atoms with E-state index in [2.05, 4.69) is 10.4 Å². The lowest BCUT2D eigenvalue weighted by Gasteiger charge is -2.11. The second-order valence-corrected chi connectivity index (χ2v) is 3.67. The minimum atomic E-state index is -0.214. The largest absolute Gasteiger partial charge is 0.493 e. The molecule has 7 nitrogen and oxygen atoms in total. The van der Waals surface area contributed by atoms with Gasteiger partial charge in [-0.15, -0.1) is 0 Å². The highest BCUT2D eigenvalue weighted by atomic mass is 16.5. The molecular formula is C11H14N4O3. The van der Waals surface area contributed by atoms with E-state index in [1.54, 1.807) is 19.2 Å². The van der Waals surface area contributed by atoms with Gasteiger partial charge in [-0.25, -0.2) is 10.8 Å². The number of methoxy groups -OCH3 is 2. The van der Waals surface area contributed by atoms with Crippen molar-refractivity contribution in [2.75, 3.05) is 19.6 Å². The van der Waals surface area contributed by atoms with Crippen LogP contribution < -0.4 is 26.3 Å². The third kappa shape index (κ3) is 1.74. The molecule has 96 valence electrons. The molecule has 0 atom stereocenters. The molecule has 0 aliphatic heterocycles. The lowest BCUT2D eigenvalue weighted by molar-refractivity contribution is 0.355. The van der Waals surface area contributed by atoms with Crippen molar-refractivity contribution < 1.29 is 9.47 Å². The monoisotopic (exact) mass is 250 g/mol. The number of nitrogens with one attached hydrogen (secondary N) is 1. The van der Waals surface area contributed by atoms with E-state index in [0.29, 0.717) is 22.4 Å². The molecule has 1 aromatic heterocycles. The molecule has 0 saturated carbocycles. The SMILES string of the molecule is COc1cc2nc(NN)n(C)c(=O)c2cc1OC. The highest BCUT2D eigenvalue weighted by Crippen LogP contribution is 2.30. The molecule has 1 aromatic carbocycles. The Hall–Kier alpha value is -2.28. The summed E-state index contributed by atoms with van der Waals surface area (Å²) in [5.74, 6) is 6.58. The van der Waals surface area contributed by atoms with Crippen molar-refractivity contribution in [1.82, 2.24) is 9.55 Å². The van der Waals surface area contributed by atoms with Gasteiger partial charge in [0.25, 0.3) is 5.56 Å². The Balaban J connectivity index is 2.85. The number of nitrogens with zero attached hydrogens (tertiary/aromatic N) is 2. The zero-order valence-corrected chi connectivity index (χ0v) is 10.4. The summed E-state index contributed by atoms with van der Waals surface area (Å²) in [6, 6.07) is 3.24. The van der Waals surface area contributed by atoms with Gasteiger partial charge in [-0.05, 0) is 6.07 Å². The quantitative estimate of drug-likeness (QED) is 0.598. The van der Waals surface area contributed by atoms with Crippen LogP contribution in [0.3, 0.4) is 0 Å². The smallest absolute Gasteiger partial charge is 0.262 e. The number of hydrogen-bond acceptors (Lipinski definition) is 6. The van der Waals surface area contributed by atoms with Crippen LogP contribution in [-0.4, -0.2) is 23.8 Å². The summed E-state index contributed by atoms with van der Waals surface area (Å²) in [7, 11) is 4.62. The van der Waals surface area contributed by atoms with Crippen LogP contribution in [0.5, 0.6) is 11.5 Å². The molecule has 0 aliphatic carbocycles. The average molecular weight is 250 g/mol. The molecule has 0 saturated heterocycles. The van der Waals surface area contributed by atoms with Crippen molar-refractivity contribution >= 4 is 16.9 Å². The molecule has 0 unspecified atom stereocenters. The standard InChI is InChI=1S/C11H14N4O3/c1-15-10(16)6-4-8(17-2)9(18-3)5-7(6)13-11(15)14-12/h4-5H,12H2,1-3H3,(H,13,14). The van der Waals surface area contributed by atoms with Crippen molar-refractivity contribution in [3.05, 3.63) is 22.5 Å². The number of nitrogens with two attached hydrogens (primary N) is 1. The number of aromatic nitrogens is 2. The van der Waals surface area contributed by atoms with Crippen LogP contribution >= 0.6 is 0 Å². The minimum absolute atomic E-state index is 0.214. The van der Waals surface area contributed by atoms with Gasteiger partial charge in [0.2, 0.25) is 5.95 Å². The maximum atomic E-state index is 12.1. The third-order valence-electron chi connectivity index (χ3n) is 2.71. The van der Waals surface area contributed by atoms with Crippen LogP contribution in [0.1, 0.15) is 0 Å². The molecule has 18 heavy (non-hydrogen) atoms. The number of anilines is 1. The van der Waals surface area contributed by atoms with Gasteiger partial charge < -0.3 is 9.47 Å². The van der Waals surface area contributed by atoms with Crippen molar-refractivity contribution in [2.24, 2.45) is 12.9 Å². The van der Waals surface area contributed by atoms with E-state index in [-0.39, 0.29) is 11.5 Å². The highest BCUT2D eigenvalue weighted by Gasteiger charge is 2.12. The predicted molar refractivity (Wildman–Crippen MR) is 67.9 cm³/mol. The summed E-state index contributed by atoms with van der Waals surface area (Å²) < 4.78 is 11.6. The van der Waals surface area contributed by atoms with Crippen molar-refractivity contribution in [3.63, 3.8) is 0 Å². The summed E-state index contributed by atoms with van der Waals surface area (Å²) >= 11 is 0. The number of rotatable bonds is 3. The lowest BCUT2D eigenvalue weighted by atomic mass is 10.2. The molecule has 0 spiro atoms. The lowest BCUT2D eigenvalue weighted by Crippen LogP contribution is -2.24. The summed E-state index contributed by atoms with van der Waals surface area (Å²) in [4.78, 5) is 16.3. The molecule has 2 aromatic rings. The minimum Gasteiger partial charge on any atom is -0.493 e. The van der Waals surface area contributed by atoms with Crippen molar-refractivity contribution in [3.8, 4) is 11.5 Å². The number of hydrogen-bond donors (Lipinski definition) is 2. The highest BCUT2D eigenvalue weighted by molar-refractivity contribution is 5.82. The van der Waals surface area contributed by atoms with Crippen LogP contribution in [0.25, 0.3) is 10.9 Å². The van der Waals surface area contributed by atoms with Gasteiger partial charge >= 0.3 is 0 Å². The second kappa shape index (κ2) is 4.53. The number of ether oxygens (including phenoxy) is 2. The van der Waals surface area contributed by atoms with E-state index in [1.165, 1.54) is 18.8 Å². The fraction of sp³-hybridized carbons (Fsp3) is 0.273. The average Bonchev–Trinajstić information content (AvgIpc) is 2.41. The van der Waals surface area contributed by atoms with Crippen LogP contribution in [0.4, 0.5) is 5.95 Å². The molecule has 0 amide bonds. The number of nitrogen functional groups attached to an aromatic ring is 1. The molecule has 2 rings (SSSR count). The van der Waals surface area contributed by atoms with Crippen LogP contribution in [0, 0.1) is 0 Å². The molecule has 7 heteroatoms. The van der Waals surface area contributed by atoms with Crippen LogP contribution in [0.15, 0.2) is 16.9 Å². The van der Waals surface area contributed by atoms with E-state index >= 15 is 0 Å². The summed E-state index contributed by atoms with van der Waals surface area (Å²) in [6.07, 6.45) is 0. The van der Waals surface area contributed by atoms with Gasteiger partial charge in [-0.1, -0.05) is 0 Å². The first kappa shape index (κ1) is 12.2. The van der Waals surface area contributed by atoms with E-state index in [4.69, 9.17) is 15.3 Å². The van der Waals surface area contributed by atoms with Gasteiger partial charge in [0.05, 0.1) is 25.1 Å². The predicted octanol–water partition coefficient (Wildman–Crippen LogP) is 0.236. The fourth-order valence-corrected chi connectivity index (χ4v) is 1.73. The Morgan fingerprint density at radius 3 is 2.44 bits per heavy atom. The number of benzene rings is 1.